The van der Waals surface area contributed by atoms with E-state index < -0.39 is 18.0 Å². The highest BCUT2D eigenvalue weighted by molar-refractivity contribution is 6.30. The van der Waals surface area contributed by atoms with Gasteiger partial charge >= 0.3 is 11.9 Å². The van der Waals surface area contributed by atoms with E-state index in [1.165, 1.54) is 19.4 Å². The molecular formula is C22H22ClNO5. The monoisotopic (exact) mass is 415 g/mol. The number of ether oxygens (including phenoxy) is 2. The Bertz CT molecular complexity index is 937. The number of carbonyl (C=O) groups is 2. The number of carboxylic acids is 1. The van der Waals surface area contributed by atoms with Gasteiger partial charge in [0.2, 0.25) is 0 Å². The van der Waals surface area contributed by atoms with Crippen molar-refractivity contribution in [3.63, 3.8) is 0 Å². The summed E-state index contributed by atoms with van der Waals surface area (Å²) in [7, 11) is 1.45. The molecule has 0 heterocycles. The smallest absolute Gasteiger partial charge is 0.336 e. The Labute approximate surface area is 174 Å². The van der Waals surface area contributed by atoms with Gasteiger partial charge in [-0.25, -0.2) is 9.59 Å². The van der Waals surface area contributed by atoms with Gasteiger partial charge in [0.1, 0.15) is 6.04 Å². The van der Waals surface area contributed by atoms with Crippen LogP contribution in [0.5, 0.6) is 11.5 Å². The van der Waals surface area contributed by atoms with Crippen LogP contribution >= 0.6 is 11.6 Å². The fraction of sp³-hybridized carbons (Fsp3) is 0.227. The first kappa shape index (κ1) is 22.2. The molecule has 152 valence electrons. The molecule has 1 unspecified atom stereocenters. The summed E-state index contributed by atoms with van der Waals surface area (Å²) in [5.74, 6) is -1.13. The highest BCUT2D eigenvalue weighted by Crippen LogP contribution is 2.28. The van der Waals surface area contributed by atoms with Crippen LogP contribution in [0.1, 0.15) is 25.0 Å². The molecule has 1 N–H and O–H groups in total. The molecule has 0 fully saturated rings. The lowest BCUT2D eigenvalue weighted by atomic mass is 10.1. The molecule has 0 aliphatic rings. The fourth-order valence-corrected chi connectivity index (χ4v) is 2.65. The maximum absolute atomic E-state index is 12.1. The minimum Gasteiger partial charge on any atom is -0.493 e. The topological polar surface area (TPSA) is 85.2 Å². The summed E-state index contributed by atoms with van der Waals surface area (Å²) in [4.78, 5) is 27.5. The van der Waals surface area contributed by atoms with E-state index in [9.17, 15) is 14.7 Å². The summed E-state index contributed by atoms with van der Waals surface area (Å²) in [5, 5.41) is 9.78. The number of hydrogen-bond acceptors (Lipinski definition) is 5. The van der Waals surface area contributed by atoms with E-state index in [0.717, 1.165) is 5.56 Å². The summed E-state index contributed by atoms with van der Waals surface area (Å²) in [5.41, 5.74) is 1.40. The summed E-state index contributed by atoms with van der Waals surface area (Å²) in [6.07, 6.45) is 4.35. The van der Waals surface area contributed by atoms with E-state index in [-0.39, 0.29) is 11.7 Å². The second-order valence-electron chi connectivity index (χ2n) is 6.52. The van der Waals surface area contributed by atoms with E-state index in [1.54, 1.807) is 56.3 Å². The number of halogens is 1. The fourth-order valence-electron chi connectivity index (χ4n) is 2.45. The third-order valence-electron chi connectivity index (χ3n) is 3.93. The lowest BCUT2D eigenvalue weighted by Crippen LogP contribution is -2.24. The van der Waals surface area contributed by atoms with Gasteiger partial charge in [-0.1, -0.05) is 37.6 Å². The minimum atomic E-state index is -0.986. The number of carboxylic acid groups (broad SMARTS) is 1. The summed E-state index contributed by atoms with van der Waals surface area (Å²) in [6.45, 7) is 3.58. The molecule has 2 aromatic carbocycles. The SMILES string of the molecule is COc1cc(C=NC(C(=O)O)C(C)C)ccc1OC(=O)/C=C/c1cccc(Cl)c1. The predicted molar refractivity (Wildman–Crippen MR) is 113 cm³/mol. The van der Waals surface area contributed by atoms with Crippen molar-refractivity contribution in [2.75, 3.05) is 7.11 Å². The van der Waals surface area contributed by atoms with Gasteiger partial charge in [-0.05, 0) is 53.5 Å². The largest absolute Gasteiger partial charge is 0.493 e. The van der Waals surface area contributed by atoms with Gasteiger partial charge in [0.15, 0.2) is 11.5 Å². The second kappa shape index (κ2) is 10.4. The van der Waals surface area contributed by atoms with Crippen LogP contribution in [0.3, 0.4) is 0 Å². The van der Waals surface area contributed by atoms with E-state index >= 15 is 0 Å². The molecular weight excluding hydrogens is 394 g/mol. The standard InChI is InChI=1S/C22H22ClNO5/c1-14(2)21(22(26)27)24-13-16-7-9-18(19(12-16)28-3)29-20(25)10-8-15-5-4-6-17(23)11-15/h4-14,21H,1-3H3,(H,26,27)/b10-8+,24-13?. The third kappa shape index (κ3) is 6.76. The van der Waals surface area contributed by atoms with Crippen molar-refractivity contribution < 1.29 is 24.2 Å². The molecule has 7 heteroatoms. The van der Waals surface area contributed by atoms with E-state index in [4.69, 9.17) is 21.1 Å². The van der Waals surface area contributed by atoms with Gasteiger partial charge < -0.3 is 14.6 Å². The number of methoxy groups -OCH3 is 1. The third-order valence-corrected chi connectivity index (χ3v) is 4.16. The molecule has 6 nitrogen and oxygen atoms in total. The molecule has 0 amide bonds. The van der Waals surface area contributed by atoms with Crippen LogP contribution in [0.2, 0.25) is 5.02 Å². The van der Waals surface area contributed by atoms with Crippen molar-refractivity contribution in [3.05, 3.63) is 64.7 Å². The highest BCUT2D eigenvalue weighted by Gasteiger charge is 2.19. The Kier molecular flexibility index (Phi) is 7.98. The average molecular weight is 416 g/mol. The number of rotatable bonds is 8. The predicted octanol–water partition coefficient (Wildman–Crippen LogP) is 4.50. The molecule has 0 spiro atoms. The number of aliphatic imine (C=N–C) groups is 1. The van der Waals surface area contributed by atoms with Crippen LogP contribution < -0.4 is 9.47 Å². The summed E-state index contributed by atoms with van der Waals surface area (Å²) < 4.78 is 10.6. The van der Waals surface area contributed by atoms with Crippen molar-refractivity contribution in [3.8, 4) is 11.5 Å². The van der Waals surface area contributed by atoms with Gasteiger partial charge in [0.05, 0.1) is 7.11 Å². The molecule has 0 bridgehead atoms. The maximum Gasteiger partial charge on any atom is 0.336 e. The van der Waals surface area contributed by atoms with Crippen LogP contribution in [0, 0.1) is 5.92 Å². The van der Waals surface area contributed by atoms with Gasteiger partial charge in [-0.15, -0.1) is 0 Å². The number of nitrogens with zero attached hydrogens (tertiary/aromatic N) is 1. The molecule has 0 aliphatic carbocycles. The summed E-state index contributed by atoms with van der Waals surface area (Å²) in [6, 6.07) is 11.1. The molecule has 0 saturated carbocycles. The second-order valence-corrected chi connectivity index (χ2v) is 6.96. The molecule has 0 saturated heterocycles. The van der Waals surface area contributed by atoms with Gasteiger partial charge in [0, 0.05) is 17.3 Å². The molecule has 0 radical (unpaired) electrons. The average Bonchev–Trinajstić information content (AvgIpc) is 2.67. The highest BCUT2D eigenvalue weighted by atomic mass is 35.5. The molecule has 2 aromatic rings. The number of benzene rings is 2. The van der Waals surface area contributed by atoms with Crippen LogP contribution in [0.15, 0.2) is 53.5 Å². The minimum absolute atomic E-state index is 0.142. The maximum atomic E-state index is 12.1. The molecule has 2 rings (SSSR count). The van der Waals surface area contributed by atoms with Crippen molar-refractivity contribution in [1.82, 2.24) is 0 Å². The molecule has 29 heavy (non-hydrogen) atoms. The lowest BCUT2D eigenvalue weighted by molar-refractivity contribution is -0.139. The molecule has 0 aromatic heterocycles. The van der Waals surface area contributed by atoms with Gasteiger partial charge in [-0.2, -0.15) is 0 Å². The molecule has 0 aliphatic heterocycles. The van der Waals surface area contributed by atoms with Crippen LogP contribution in [0.4, 0.5) is 0 Å². The zero-order valence-electron chi connectivity index (χ0n) is 16.3. The zero-order chi connectivity index (χ0) is 21.4. The summed E-state index contributed by atoms with van der Waals surface area (Å²) >= 11 is 5.91. The first-order valence-electron chi connectivity index (χ1n) is 8.89. The zero-order valence-corrected chi connectivity index (χ0v) is 17.1. The van der Waals surface area contributed by atoms with Crippen molar-refractivity contribution in [2.24, 2.45) is 10.9 Å². The Morgan fingerprint density at radius 2 is 1.86 bits per heavy atom. The number of esters is 1. The van der Waals surface area contributed by atoms with Crippen LogP contribution in [-0.4, -0.2) is 36.4 Å². The van der Waals surface area contributed by atoms with Crippen molar-refractivity contribution in [1.29, 1.82) is 0 Å². The number of hydrogen-bond donors (Lipinski definition) is 1. The van der Waals surface area contributed by atoms with Crippen LogP contribution in [-0.2, 0) is 9.59 Å². The Morgan fingerprint density at radius 3 is 2.48 bits per heavy atom. The lowest BCUT2D eigenvalue weighted by Gasteiger charge is -2.11. The van der Waals surface area contributed by atoms with Gasteiger partial charge in [0.25, 0.3) is 0 Å². The Balaban J connectivity index is 2.12. The van der Waals surface area contributed by atoms with E-state index in [1.807, 2.05) is 6.07 Å². The number of aliphatic carboxylic acids is 1. The first-order chi connectivity index (χ1) is 13.8. The van der Waals surface area contributed by atoms with Crippen molar-refractivity contribution in [2.45, 2.75) is 19.9 Å². The number of carbonyl (C=O) groups excluding carboxylic acids is 1. The Morgan fingerprint density at radius 1 is 1.10 bits per heavy atom. The van der Waals surface area contributed by atoms with Crippen LogP contribution in [0.25, 0.3) is 6.08 Å². The first-order valence-corrected chi connectivity index (χ1v) is 9.27. The van der Waals surface area contributed by atoms with E-state index in [0.29, 0.717) is 16.3 Å². The Hall–Kier alpha value is -3.12. The normalized spacial score (nSPS) is 12.4. The molecule has 1 atom stereocenters. The van der Waals surface area contributed by atoms with Gasteiger partial charge in [-0.3, -0.25) is 4.99 Å². The van der Waals surface area contributed by atoms with Crippen molar-refractivity contribution >= 4 is 35.8 Å². The van der Waals surface area contributed by atoms with E-state index in [2.05, 4.69) is 4.99 Å². The quantitative estimate of drug-likeness (QED) is 0.297.